The van der Waals surface area contributed by atoms with Crippen LogP contribution in [-0.4, -0.2) is 19.9 Å². The van der Waals surface area contributed by atoms with Crippen molar-refractivity contribution in [2.75, 3.05) is 0 Å². The Kier molecular flexibility index (Phi) is 7.25. The highest BCUT2D eigenvalue weighted by Crippen LogP contribution is 2.40. The Bertz CT molecular complexity index is 2810. The molecule has 0 N–H and O–H groups in total. The van der Waals surface area contributed by atoms with Gasteiger partial charge in [-0.05, 0) is 76.9 Å². The fourth-order valence-corrected chi connectivity index (χ4v) is 7.80. The standard InChI is InChI=1S/C46H28N4OS/c1-4-13-29(14-5-1)33-25-34(30-15-6-2-7-16-30)27-35(26-33)44-48-43(31-17-8-3-9-18-31)49-45(50-44)36-19-12-21-40-42(36)37-28-32(23-24-39(37)51-40)46-47-38-20-10-11-22-41(38)52-46/h1-28H. The monoisotopic (exact) mass is 684 g/mol. The van der Waals surface area contributed by atoms with Crippen LogP contribution < -0.4 is 0 Å². The fourth-order valence-electron chi connectivity index (χ4n) is 6.83. The molecule has 7 aromatic carbocycles. The zero-order chi connectivity index (χ0) is 34.4. The first-order valence-corrected chi connectivity index (χ1v) is 17.9. The number of para-hydroxylation sites is 1. The van der Waals surface area contributed by atoms with Crippen LogP contribution in [0.2, 0.25) is 0 Å². The van der Waals surface area contributed by atoms with Crippen molar-refractivity contribution in [1.82, 2.24) is 19.9 Å². The van der Waals surface area contributed by atoms with Crippen molar-refractivity contribution in [3.05, 3.63) is 170 Å². The van der Waals surface area contributed by atoms with Crippen LogP contribution in [0.4, 0.5) is 0 Å². The summed E-state index contributed by atoms with van der Waals surface area (Å²) < 4.78 is 7.60. The van der Waals surface area contributed by atoms with E-state index in [9.17, 15) is 0 Å². The Balaban J connectivity index is 1.20. The third kappa shape index (κ3) is 5.43. The van der Waals surface area contributed by atoms with E-state index in [-0.39, 0.29) is 0 Å². The van der Waals surface area contributed by atoms with Crippen molar-refractivity contribution >= 4 is 43.5 Å². The van der Waals surface area contributed by atoms with Gasteiger partial charge in [-0.1, -0.05) is 115 Å². The summed E-state index contributed by atoms with van der Waals surface area (Å²) in [6, 6.07) is 58.2. The van der Waals surface area contributed by atoms with Gasteiger partial charge in [-0.2, -0.15) is 0 Å². The molecule has 0 fully saturated rings. The quantitative estimate of drug-likeness (QED) is 0.174. The van der Waals surface area contributed by atoms with Crippen molar-refractivity contribution in [3.63, 3.8) is 0 Å². The molecule has 3 aromatic heterocycles. The average molecular weight is 685 g/mol. The maximum atomic E-state index is 6.44. The van der Waals surface area contributed by atoms with E-state index in [1.54, 1.807) is 11.3 Å². The summed E-state index contributed by atoms with van der Waals surface area (Å²) in [6.45, 7) is 0. The number of thiazole rings is 1. The minimum absolute atomic E-state index is 0.578. The van der Waals surface area contributed by atoms with Crippen molar-refractivity contribution < 1.29 is 4.42 Å². The molecule has 6 heteroatoms. The molecule has 0 bridgehead atoms. The topological polar surface area (TPSA) is 64.7 Å². The van der Waals surface area contributed by atoms with Crippen molar-refractivity contribution in [2.24, 2.45) is 0 Å². The molecule has 0 unspecified atom stereocenters. The SMILES string of the molecule is c1ccc(-c2cc(-c3ccccc3)cc(-c3nc(-c4ccccc4)nc(-c4cccc5oc6ccc(-c7nc8ccccc8s7)cc6c45)n3)c2)cc1. The smallest absolute Gasteiger partial charge is 0.164 e. The highest BCUT2D eigenvalue weighted by molar-refractivity contribution is 7.21. The third-order valence-corrected chi connectivity index (χ3v) is 10.4. The Labute approximate surface area is 303 Å². The minimum Gasteiger partial charge on any atom is -0.456 e. The van der Waals surface area contributed by atoms with Gasteiger partial charge in [-0.25, -0.2) is 19.9 Å². The zero-order valence-electron chi connectivity index (χ0n) is 27.8. The molecule has 3 heterocycles. The van der Waals surface area contributed by atoms with Gasteiger partial charge >= 0.3 is 0 Å². The normalized spacial score (nSPS) is 11.5. The van der Waals surface area contributed by atoms with Crippen molar-refractivity contribution in [2.45, 2.75) is 0 Å². The summed E-state index contributed by atoms with van der Waals surface area (Å²) in [5.41, 5.74) is 10.7. The first-order valence-electron chi connectivity index (χ1n) is 17.1. The molecule has 5 nitrogen and oxygen atoms in total. The molecular formula is C46H28N4OS. The van der Waals surface area contributed by atoms with Crippen molar-refractivity contribution in [3.8, 4) is 67.0 Å². The lowest BCUT2D eigenvalue weighted by Crippen LogP contribution is -2.01. The summed E-state index contributed by atoms with van der Waals surface area (Å²) in [6.07, 6.45) is 0. The molecule has 0 aliphatic carbocycles. The van der Waals surface area contributed by atoms with E-state index in [1.165, 1.54) is 0 Å². The van der Waals surface area contributed by atoms with Crippen LogP contribution in [0, 0.1) is 0 Å². The van der Waals surface area contributed by atoms with Gasteiger partial charge in [0, 0.05) is 33.0 Å². The van der Waals surface area contributed by atoms with E-state index in [0.717, 1.165) is 81.7 Å². The number of rotatable bonds is 6. The lowest BCUT2D eigenvalue weighted by Gasteiger charge is -2.13. The third-order valence-electron chi connectivity index (χ3n) is 9.35. The number of hydrogen-bond acceptors (Lipinski definition) is 6. The number of fused-ring (bicyclic) bond motifs is 4. The van der Waals surface area contributed by atoms with E-state index in [0.29, 0.717) is 17.5 Å². The Morgan fingerprint density at radius 2 is 0.981 bits per heavy atom. The largest absolute Gasteiger partial charge is 0.456 e. The molecule has 0 spiro atoms. The van der Waals surface area contributed by atoms with Gasteiger partial charge in [0.05, 0.1) is 10.2 Å². The van der Waals surface area contributed by atoms with Gasteiger partial charge in [-0.3, -0.25) is 0 Å². The molecule has 244 valence electrons. The minimum atomic E-state index is 0.578. The maximum Gasteiger partial charge on any atom is 0.164 e. The van der Waals surface area contributed by atoms with Gasteiger partial charge in [0.2, 0.25) is 0 Å². The maximum absolute atomic E-state index is 6.44. The van der Waals surface area contributed by atoms with Crippen LogP contribution >= 0.6 is 11.3 Å². The number of aromatic nitrogens is 4. The van der Waals surface area contributed by atoms with E-state index >= 15 is 0 Å². The van der Waals surface area contributed by atoms with E-state index in [2.05, 4.69) is 103 Å². The molecule has 10 aromatic rings. The Hall–Kier alpha value is -6.76. The molecule has 52 heavy (non-hydrogen) atoms. The fraction of sp³-hybridized carbons (Fsp3) is 0. The van der Waals surface area contributed by atoms with Crippen LogP contribution in [0.3, 0.4) is 0 Å². The molecular weight excluding hydrogens is 657 g/mol. The lowest BCUT2D eigenvalue weighted by molar-refractivity contribution is 0.669. The molecule has 0 atom stereocenters. The van der Waals surface area contributed by atoms with Crippen LogP contribution in [-0.2, 0) is 0 Å². The van der Waals surface area contributed by atoms with Crippen LogP contribution in [0.5, 0.6) is 0 Å². The predicted octanol–water partition coefficient (Wildman–Crippen LogP) is 12.4. The van der Waals surface area contributed by atoms with E-state index < -0.39 is 0 Å². The second-order valence-electron chi connectivity index (χ2n) is 12.7. The van der Waals surface area contributed by atoms with Crippen LogP contribution in [0.1, 0.15) is 0 Å². The van der Waals surface area contributed by atoms with Crippen LogP contribution in [0.15, 0.2) is 174 Å². The highest BCUT2D eigenvalue weighted by Gasteiger charge is 2.20. The molecule has 0 aliphatic heterocycles. The molecule has 0 saturated carbocycles. The van der Waals surface area contributed by atoms with E-state index in [1.807, 2.05) is 66.7 Å². The van der Waals surface area contributed by atoms with Gasteiger partial charge in [-0.15, -0.1) is 11.3 Å². The van der Waals surface area contributed by atoms with Gasteiger partial charge < -0.3 is 4.42 Å². The summed E-state index contributed by atoms with van der Waals surface area (Å²) in [4.78, 5) is 20.4. The van der Waals surface area contributed by atoms with Gasteiger partial charge in [0.25, 0.3) is 0 Å². The summed E-state index contributed by atoms with van der Waals surface area (Å²) >= 11 is 1.69. The lowest BCUT2D eigenvalue weighted by atomic mass is 9.96. The van der Waals surface area contributed by atoms with Gasteiger partial charge in [0.1, 0.15) is 16.2 Å². The first kappa shape index (κ1) is 30.1. The summed E-state index contributed by atoms with van der Waals surface area (Å²) in [5, 5.41) is 2.92. The van der Waals surface area contributed by atoms with Gasteiger partial charge in [0.15, 0.2) is 17.5 Å². The Morgan fingerprint density at radius 3 is 1.67 bits per heavy atom. The van der Waals surface area contributed by atoms with E-state index in [4.69, 9.17) is 24.4 Å². The Morgan fingerprint density at radius 1 is 0.385 bits per heavy atom. The number of nitrogens with zero attached hydrogens (tertiary/aromatic N) is 4. The molecule has 0 radical (unpaired) electrons. The molecule has 10 rings (SSSR count). The number of benzene rings is 7. The molecule has 0 amide bonds. The summed E-state index contributed by atoms with van der Waals surface area (Å²) in [5.74, 6) is 1.78. The zero-order valence-corrected chi connectivity index (χ0v) is 28.6. The number of hydrogen-bond donors (Lipinski definition) is 0. The summed E-state index contributed by atoms with van der Waals surface area (Å²) in [7, 11) is 0. The van der Waals surface area contributed by atoms with Crippen molar-refractivity contribution in [1.29, 1.82) is 0 Å². The second-order valence-corrected chi connectivity index (χ2v) is 13.7. The molecule has 0 saturated heterocycles. The second kappa shape index (κ2) is 12.5. The number of furan rings is 1. The predicted molar refractivity (Wildman–Crippen MR) is 213 cm³/mol. The highest BCUT2D eigenvalue weighted by atomic mass is 32.1. The average Bonchev–Trinajstić information content (AvgIpc) is 3.83. The molecule has 0 aliphatic rings. The first-order chi connectivity index (χ1) is 25.7. The van der Waals surface area contributed by atoms with Crippen LogP contribution in [0.25, 0.3) is 99.1 Å².